The Morgan fingerprint density at radius 2 is 1.38 bits per heavy atom. The third-order valence-corrected chi connectivity index (χ3v) is 2.19. The summed E-state index contributed by atoms with van der Waals surface area (Å²) in [5.74, 6) is 0.891. The zero-order chi connectivity index (χ0) is 12.0. The van der Waals surface area contributed by atoms with Gasteiger partial charge in [-0.2, -0.15) is 10.5 Å². The predicted octanol–water partition coefficient (Wildman–Crippen LogP) is -0.611. The Kier molecular flexibility index (Phi) is 3.94. The quantitative estimate of drug-likeness (QED) is 0.686. The van der Waals surface area contributed by atoms with Gasteiger partial charge < -0.3 is 10.6 Å². The summed E-state index contributed by atoms with van der Waals surface area (Å²) in [7, 11) is 3.64. The highest BCUT2D eigenvalue weighted by Crippen LogP contribution is 1.85. The molecule has 4 heteroatoms. The largest absolute Gasteiger partial charge is 0.374 e. The van der Waals surface area contributed by atoms with Crippen LogP contribution in [0.3, 0.4) is 0 Å². The third kappa shape index (κ3) is 2.31. The summed E-state index contributed by atoms with van der Waals surface area (Å²) >= 11 is 0. The van der Waals surface area contributed by atoms with Crippen molar-refractivity contribution < 1.29 is 0 Å². The molecule has 1 aromatic carbocycles. The van der Waals surface area contributed by atoms with Gasteiger partial charge >= 0.3 is 0 Å². The molecule has 80 valence electrons. The van der Waals surface area contributed by atoms with Crippen molar-refractivity contribution >= 4 is 11.4 Å². The van der Waals surface area contributed by atoms with Crippen LogP contribution in [0.1, 0.15) is 0 Å². The molecule has 16 heavy (non-hydrogen) atoms. The molecule has 0 aliphatic carbocycles. The van der Waals surface area contributed by atoms with Gasteiger partial charge in [0.2, 0.25) is 0 Å². The molecule has 0 radical (unpaired) electrons. The van der Waals surface area contributed by atoms with E-state index >= 15 is 0 Å². The average Bonchev–Trinajstić information content (AvgIpc) is 2.34. The van der Waals surface area contributed by atoms with Crippen LogP contribution < -0.4 is 21.1 Å². The van der Waals surface area contributed by atoms with E-state index in [0.717, 1.165) is 11.0 Å². The molecule has 0 aliphatic rings. The van der Waals surface area contributed by atoms with E-state index in [0.29, 0.717) is 5.22 Å². The molecule has 0 fully saturated rings. The Balaban J connectivity index is 3.42. The van der Waals surface area contributed by atoms with Crippen molar-refractivity contribution in [2.75, 3.05) is 14.1 Å². The molecule has 0 bridgehead atoms. The zero-order valence-corrected chi connectivity index (χ0v) is 9.20. The summed E-state index contributed by atoms with van der Waals surface area (Å²) in [4.78, 5) is 0. The topological polar surface area (TPSA) is 71.6 Å². The van der Waals surface area contributed by atoms with E-state index in [1.807, 2.05) is 38.4 Å². The van der Waals surface area contributed by atoms with Crippen molar-refractivity contribution in [2.45, 2.75) is 0 Å². The molecule has 2 N–H and O–H groups in total. The standard InChI is InChI=1S/C12H12N4/c1-15-12(16-2)10-5-3-9(4-6-10)11(7-13)8-14/h3-6,15-16H,1-2H3. The summed E-state index contributed by atoms with van der Waals surface area (Å²) in [5, 5.41) is 25.1. The summed E-state index contributed by atoms with van der Waals surface area (Å²) < 4.78 is 0. The molecule has 0 saturated heterocycles. The first-order valence-corrected chi connectivity index (χ1v) is 4.77. The molecule has 4 nitrogen and oxygen atoms in total. The first-order valence-electron chi connectivity index (χ1n) is 4.77. The molecular formula is C12H12N4. The minimum Gasteiger partial charge on any atom is -0.374 e. The number of nitrogens with zero attached hydrogens (tertiary/aromatic N) is 2. The Hall–Kier alpha value is -2.46. The maximum absolute atomic E-state index is 8.71. The highest BCUT2D eigenvalue weighted by atomic mass is 15.0. The predicted molar refractivity (Wildman–Crippen MR) is 61.9 cm³/mol. The molecule has 0 amide bonds. The lowest BCUT2D eigenvalue weighted by Gasteiger charge is -2.04. The fourth-order valence-electron chi connectivity index (χ4n) is 1.37. The van der Waals surface area contributed by atoms with E-state index < -0.39 is 0 Å². The van der Waals surface area contributed by atoms with Crippen molar-refractivity contribution in [3.63, 3.8) is 0 Å². The van der Waals surface area contributed by atoms with E-state index in [4.69, 9.17) is 10.5 Å². The van der Waals surface area contributed by atoms with Crippen LogP contribution >= 0.6 is 0 Å². The number of rotatable bonds is 2. The Bertz CT molecular complexity index is 527. The maximum atomic E-state index is 8.71. The van der Waals surface area contributed by atoms with Gasteiger partial charge in [-0.05, 0) is 0 Å². The zero-order valence-electron chi connectivity index (χ0n) is 9.20. The molecule has 0 heterocycles. The Labute approximate surface area is 94.1 Å². The van der Waals surface area contributed by atoms with Crippen LogP contribution in [0.5, 0.6) is 0 Å². The molecule has 0 saturated carbocycles. The van der Waals surface area contributed by atoms with E-state index in [1.165, 1.54) is 0 Å². The molecule has 1 rings (SSSR count). The lowest BCUT2D eigenvalue weighted by atomic mass is 10.2. The number of nitriles is 2. The molecular weight excluding hydrogens is 200 g/mol. The van der Waals surface area contributed by atoms with Gasteiger partial charge in [0, 0.05) is 24.5 Å². The van der Waals surface area contributed by atoms with E-state index in [1.54, 1.807) is 12.1 Å². The average molecular weight is 212 g/mol. The van der Waals surface area contributed by atoms with Crippen molar-refractivity contribution in [3.05, 3.63) is 34.7 Å². The minimum absolute atomic E-state index is 0.127. The number of nitrogens with one attached hydrogen (secondary N) is 2. The Morgan fingerprint density at radius 1 is 0.938 bits per heavy atom. The molecule has 0 spiro atoms. The monoisotopic (exact) mass is 212 g/mol. The van der Waals surface area contributed by atoms with Crippen LogP contribution in [0.4, 0.5) is 0 Å². The van der Waals surface area contributed by atoms with Crippen molar-refractivity contribution in [1.82, 2.24) is 10.6 Å². The normalized spacial score (nSPS) is 8.50. The molecule has 0 atom stereocenters. The fourth-order valence-corrected chi connectivity index (χ4v) is 1.37. The lowest BCUT2D eigenvalue weighted by Crippen LogP contribution is -2.27. The molecule has 0 aromatic heterocycles. The third-order valence-electron chi connectivity index (χ3n) is 2.19. The molecule has 0 aliphatic heterocycles. The van der Waals surface area contributed by atoms with Gasteiger partial charge in [0.25, 0.3) is 0 Å². The molecule has 1 aromatic rings. The smallest absolute Gasteiger partial charge is 0.136 e. The van der Waals surface area contributed by atoms with E-state index in [-0.39, 0.29) is 5.57 Å². The van der Waals surface area contributed by atoms with E-state index in [9.17, 15) is 0 Å². The van der Waals surface area contributed by atoms with Crippen LogP contribution in [0, 0.1) is 22.7 Å². The second-order valence-electron chi connectivity index (χ2n) is 3.05. The number of hydrogen-bond donors (Lipinski definition) is 2. The van der Waals surface area contributed by atoms with Gasteiger partial charge in [-0.15, -0.1) is 0 Å². The minimum atomic E-state index is 0.127. The van der Waals surface area contributed by atoms with Gasteiger partial charge in [-0.3, -0.25) is 0 Å². The van der Waals surface area contributed by atoms with Crippen molar-refractivity contribution in [2.24, 2.45) is 0 Å². The summed E-state index contributed by atoms with van der Waals surface area (Å²) in [6.07, 6.45) is 0. The van der Waals surface area contributed by atoms with Gasteiger partial charge in [-0.1, -0.05) is 24.3 Å². The van der Waals surface area contributed by atoms with Crippen molar-refractivity contribution in [1.29, 1.82) is 10.5 Å². The first-order chi connectivity index (χ1) is 7.76. The second kappa shape index (κ2) is 5.43. The lowest BCUT2D eigenvalue weighted by molar-refractivity contribution is 0.956. The first kappa shape index (κ1) is 11.6. The van der Waals surface area contributed by atoms with Crippen LogP contribution in [0.2, 0.25) is 0 Å². The van der Waals surface area contributed by atoms with Gasteiger partial charge in [0.15, 0.2) is 0 Å². The summed E-state index contributed by atoms with van der Waals surface area (Å²) in [6.45, 7) is 0. The fraction of sp³-hybridized carbons (Fsp3) is 0.167. The second-order valence-corrected chi connectivity index (χ2v) is 3.05. The SMILES string of the molecule is CNC(NC)=c1ccc(=C(C#N)C#N)cc1. The van der Waals surface area contributed by atoms with Crippen LogP contribution in [0.25, 0.3) is 11.4 Å². The summed E-state index contributed by atoms with van der Waals surface area (Å²) in [5.41, 5.74) is 0.127. The summed E-state index contributed by atoms with van der Waals surface area (Å²) in [6, 6.07) is 10.9. The van der Waals surface area contributed by atoms with Gasteiger partial charge in [0.05, 0.1) is 0 Å². The number of hydrogen-bond acceptors (Lipinski definition) is 4. The number of benzene rings is 1. The Morgan fingerprint density at radius 3 is 1.75 bits per heavy atom. The van der Waals surface area contributed by atoms with Crippen LogP contribution in [-0.4, -0.2) is 14.1 Å². The highest BCUT2D eigenvalue weighted by Gasteiger charge is 1.94. The van der Waals surface area contributed by atoms with Gasteiger partial charge in [0.1, 0.15) is 23.5 Å². The highest BCUT2D eigenvalue weighted by molar-refractivity contribution is 5.72. The van der Waals surface area contributed by atoms with E-state index in [2.05, 4.69) is 10.6 Å². The molecule has 0 unspecified atom stereocenters. The van der Waals surface area contributed by atoms with Crippen molar-refractivity contribution in [3.8, 4) is 12.1 Å². The maximum Gasteiger partial charge on any atom is 0.136 e. The van der Waals surface area contributed by atoms with Gasteiger partial charge in [-0.25, -0.2) is 0 Å². The van der Waals surface area contributed by atoms with Crippen LogP contribution in [-0.2, 0) is 0 Å². The van der Waals surface area contributed by atoms with Crippen LogP contribution in [0.15, 0.2) is 24.3 Å².